The maximum atomic E-state index is 11.9. The van der Waals surface area contributed by atoms with Crippen molar-refractivity contribution in [2.24, 2.45) is 0 Å². The molecule has 0 heterocycles. The zero-order valence-corrected chi connectivity index (χ0v) is 9.58. The minimum Gasteiger partial charge on any atom is -0.292 e. The lowest BCUT2D eigenvalue weighted by atomic mass is 10.4. The molecule has 0 aliphatic carbocycles. The Morgan fingerprint density at radius 3 is 1.79 bits per heavy atom. The lowest BCUT2D eigenvalue weighted by Crippen LogP contribution is -2.11. The molecule has 3 nitrogen and oxygen atoms in total. The lowest BCUT2D eigenvalue weighted by Gasteiger charge is -2.20. The van der Waals surface area contributed by atoms with E-state index in [4.69, 9.17) is 21.9 Å². The van der Waals surface area contributed by atoms with Gasteiger partial charge in [0.05, 0.1) is 0 Å². The topological polar surface area (TPSA) is 35.5 Å². The van der Waals surface area contributed by atoms with E-state index < -0.39 is 19.8 Å². The van der Waals surface area contributed by atoms with Gasteiger partial charge >= 0.3 is 7.60 Å². The van der Waals surface area contributed by atoms with Gasteiger partial charge in [-0.05, 0) is 13.8 Å². The van der Waals surface area contributed by atoms with E-state index in [1.54, 1.807) is 20.8 Å². The highest BCUT2D eigenvalue weighted by Crippen LogP contribution is 2.49. The Labute approximate surface area is 85.7 Å². The van der Waals surface area contributed by atoms with Gasteiger partial charge in [-0.15, -0.1) is 12.8 Å². The fourth-order valence-corrected chi connectivity index (χ4v) is 2.15. The molecule has 0 bridgehead atoms. The van der Waals surface area contributed by atoms with Gasteiger partial charge in [0, 0.05) is 6.16 Å². The molecule has 2 unspecified atom stereocenters. The lowest BCUT2D eigenvalue weighted by molar-refractivity contribution is 0.172. The standard InChI is InChI=1S/C10H15O3P/c1-6-9(4)12-14(11,8-3)13-10(5)7-2/h1-2,9-10H,8H2,3-5H3. The minimum atomic E-state index is -3.13. The van der Waals surface area contributed by atoms with Crippen molar-refractivity contribution in [3.8, 4) is 24.7 Å². The van der Waals surface area contributed by atoms with Crippen molar-refractivity contribution >= 4 is 7.60 Å². The molecule has 0 aromatic carbocycles. The summed E-state index contributed by atoms with van der Waals surface area (Å²) in [6, 6.07) is 0. The Hall–Kier alpha value is -0.730. The molecule has 0 aromatic rings. The van der Waals surface area contributed by atoms with Gasteiger partial charge < -0.3 is 0 Å². The molecule has 0 amide bonds. The summed E-state index contributed by atoms with van der Waals surface area (Å²) in [7, 11) is -3.13. The van der Waals surface area contributed by atoms with Crippen molar-refractivity contribution in [3.63, 3.8) is 0 Å². The molecule has 0 fully saturated rings. The highest BCUT2D eigenvalue weighted by atomic mass is 31.2. The summed E-state index contributed by atoms with van der Waals surface area (Å²) in [5.41, 5.74) is 0. The predicted octanol–water partition coefficient (Wildman–Crippen LogP) is 2.28. The van der Waals surface area contributed by atoms with Gasteiger partial charge in [-0.25, -0.2) is 0 Å². The molecule has 78 valence electrons. The van der Waals surface area contributed by atoms with Crippen LogP contribution in [0.2, 0.25) is 0 Å². The highest BCUT2D eigenvalue weighted by Gasteiger charge is 2.26. The van der Waals surface area contributed by atoms with Gasteiger partial charge in [0.25, 0.3) is 0 Å². The fourth-order valence-electron chi connectivity index (χ4n) is 0.717. The van der Waals surface area contributed by atoms with Gasteiger partial charge in [-0.1, -0.05) is 18.8 Å². The second-order valence-corrected chi connectivity index (χ2v) is 5.03. The van der Waals surface area contributed by atoms with E-state index in [0.29, 0.717) is 0 Å². The van der Waals surface area contributed by atoms with Crippen LogP contribution in [0.4, 0.5) is 0 Å². The van der Waals surface area contributed by atoms with E-state index in [2.05, 4.69) is 11.8 Å². The first-order chi connectivity index (χ1) is 6.47. The van der Waals surface area contributed by atoms with Crippen LogP contribution in [0.25, 0.3) is 0 Å². The van der Waals surface area contributed by atoms with E-state index in [1.165, 1.54) is 0 Å². The van der Waals surface area contributed by atoms with Gasteiger partial charge in [0.2, 0.25) is 0 Å². The molecule has 0 aliphatic rings. The predicted molar refractivity (Wildman–Crippen MR) is 56.9 cm³/mol. The fraction of sp³-hybridized carbons (Fsp3) is 0.600. The van der Waals surface area contributed by atoms with Crippen LogP contribution in [0.5, 0.6) is 0 Å². The number of rotatable bonds is 5. The third-order valence-electron chi connectivity index (χ3n) is 1.49. The smallest absolute Gasteiger partial charge is 0.292 e. The van der Waals surface area contributed by atoms with Crippen LogP contribution in [0.15, 0.2) is 0 Å². The second kappa shape index (κ2) is 5.89. The summed E-state index contributed by atoms with van der Waals surface area (Å²) < 4.78 is 22.1. The van der Waals surface area contributed by atoms with Gasteiger partial charge in [-0.3, -0.25) is 13.6 Å². The SMILES string of the molecule is C#CC(C)OP(=O)(CC)OC(C)C#C. The summed E-state index contributed by atoms with van der Waals surface area (Å²) >= 11 is 0. The van der Waals surface area contributed by atoms with Crippen LogP contribution in [0.3, 0.4) is 0 Å². The molecule has 0 saturated carbocycles. The average molecular weight is 214 g/mol. The first-order valence-corrected chi connectivity index (χ1v) is 6.08. The number of terminal acetylenes is 2. The van der Waals surface area contributed by atoms with E-state index in [9.17, 15) is 4.57 Å². The molecule has 0 saturated heterocycles. The molecule has 0 spiro atoms. The molecule has 0 radical (unpaired) electrons. The minimum absolute atomic E-state index is 0.255. The van der Waals surface area contributed by atoms with E-state index in [0.717, 1.165) is 0 Å². The molecular weight excluding hydrogens is 199 g/mol. The Bertz CT molecular complexity index is 271. The highest BCUT2D eigenvalue weighted by molar-refractivity contribution is 7.53. The van der Waals surface area contributed by atoms with Crippen molar-refractivity contribution < 1.29 is 13.6 Å². The van der Waals surface area contributed by atoms with E-state index >= 15 is 0 Å². The van der Waals surface area contributed by atoms with Crippen molar-refractivity contribution in [1.29, 1.82) is 0 Å². The van der Waals surface area contributed by atoms with Gasteiger partial charge in [0.1, 0.15) is 12.2 Å². The van der Waals surface area contributed by atoms with Crippen molar-refractivity contribution in [2.75, 3.05) is 6.16 Å². The van der Waals surface area contributed by atoms with Crippen LogP contribution in [0, 0.1) is 24.7 Å². The van der Waals surface area contributed by atoms with Crippen molar-refractivity contribution in [2.45, 2.75) is 33.0 Å². The van der Waals surface area contributed by atoms with Crippen LogP contribution < -0.4 is 0 Å². The van der Waals surface area contributed by atoms with Crippen LogP contribution in [0.1, 0.15) is 20.8 Å². The molecule has 14 heavy (non-hydrogen) atoms. The maximum absolute atomic E-state index is 11.9. The summed E-state index contributed by atoms with van der Waals surface area (Å²) in [6.07, 6.45) is 9.39. The molecule has 2 atom stereocenters. The summed E-state index contributed by atoms with van der Waals surface area (Å²) in [5.74, 6) is 4.64. The Balaban J connectivity index is 4.44. The number of hydrogen-bond acceptors (Lipinski definition) is 3. The Kier molecular flexibility index (Phi) is 5.58. The molecular formula is C10H15O3P. The molecule has 0 rings (SSSR count). The molecule has 0 aromatic heterocycles. The van der Waals surface area contributed by atoms with Crippen molar-refractivity contribution in [1.82, 2.24) is 0 Å². The monoisotopic (exact) mass is 214 g/mol. The Morgan fingerprint density at radius 1 is 1.21 bits per heavy atom. The van der Waals surface area contributed by atoms with Gasteiger partial charge in [0.15, 0.2) is 0 Å². The van der Waals surface area contributed by atoms with Crippen LogP contribution in [-0.4, -0.2) is 18.4 Å². The largest absolute Gasteiger partial charge is 0.332 e. The first-order valence-electron chi connectivity index (χ1n) is 4.35. The van der Waals surface area contributed by atoms with Crippen LogP contribution in [-0.2, 0) is 13.6 Å². The quantitative estimate of drug-likeness (QED) is 0.520. The van der Waals surface area contributed by atoms with E-state index in [1.807, 2.05) is 0 Å². The summed E-state index contributed by atoms with van der Waals surface area (Å²) in [4.78, 5) is 0. The van der Waals surface area contributed by atoms with Gasteiger partial charge in [-0.2, -0.15) is 0 Å². The molecule has 4 heteroatoms. The normalized spacial score (nSPS) is 18.6. The third-order valence-corrected chi connectivity index (χ3v) is 3.54. The second-order valence-electron chi connectivity index (χ2n) is 2.76. The third kappa shape index (κ3) is 4.49. The summed E-state index contributed by atoms with van der Waals surface area (Å²) in [5, 5.41) is 0. The maximum Gasteiger partial charge on any atom is 0.332 e. The summed E-state index contributed by atoms with van der Waals surface area (Å²) in [6.45, 7) is 4.96. The molecule has 0 N–H and O–H groups in total. The first kappa shape index (κ1) is 13.3. The van der Waals surface area contributed by atoms with Crippen LogP contribution >= 0.6 is 7.60 Å². The van der Waals surface area contributed by atoms with E-state index in [-0.39, 0.29) is 6.16 Å². The average Bonchev–Trinajstić information content (AvgIpc) is 2.17. The number of hydrogen-bond donors (Lipinski definition) is 0. The zero-order valence-electron chi connectivity index (χ0n) is 8.69. The zero-order chi connectivity index (χ0) is 11.2. The molecule has 0 aliphatic heterocycles. The van der Waals surface area contributed by atoms with Crippen molar-refractivity contribution in [3.05, 3.63) is 0 Å². The Morgan fingerprint density at radius 2 is 1.57 bits per heavy atom.